The van der Waals surface area contributed by atoms with Crippen LogP contribution < -0.4 is 0 Å². The highest BCUT2D eigenvalue weighted by atomic mass is 16.6. The van der Waals surface area contributed by atoms with Crippen molar-refractivity contribution in [1.82, 2.24) is 0 Å². The Morgan fingerprint density at radius 1 is 1.39 bits per heavy atom. The Kier molecular flexibility index (Phi) is 2.49. The molecule has 0 aromatic heterocycles. The Hall–Kier alpha value is -1.35. The summed E-state index contributed by atoms with van der Waals surface area (Å²) in [7, 11) is 0. The zero-order chi connectivity index (χ0) is 13.0. The first kappa shape index (κ1) is 11.7. The summed E-state index contributed by atoms with van der Waals surface area (Å²) in [6, 6.07) is 0. The van der Waals surface area contributed by atoms with Crippen molar-refractivity contribution < 1.29 is 14.6 Å². The van der Waals surface area contributed by atoms with Gasteiger partial charge in [0.1, 0.15) is 6.10 Å². The van der Waals surface area contributed by atoms with E-state index in [1.807, 2.05) is 13.0 Å². The molecule has 1 saturated carbocycles. The van der Waals surface area contributed by atoms with Gasteiger partial charge in [0.25, 0.3) is 0 Å². The van der Waals surface area contributed by atoms with E-state index in [-0.39, 0.29) is 29.8 Å². The average molecular weight is 246 g/mol. The van der Waals surface area contributed by atoms with Gasteiger partial charge >= 0.3 is 5.97 Å². The third-order valence-electron chi connectivity index (χ3n) is 4.67. The minimum atomic E-state index is -0.492. The minimum Gasteiger partial charge on any atom is -0.458 e. The predicted molar refractivity (Wildman–Crippen MR) is 67.6 cm³/mol. The van der Waals surface area contributed by atoms with E-state index in [0.29, 0.717) is 5.57 Å². The molecule has 1 aliphatic heterocycles. The average Bonchev–Trinajstić information content (AvgIpc) is 2.68. The smallest absolute Gasteiger partial charge is 0.334 e. The van der Waals surface area contributed by atoms with Crippen LogP contribution in [0.3, 0.4) is 0 Å². The van der Waals surface area contributed by atoms with E-state index in [4.69, 9.17) is 4.74 Å². The number of carbonyl (C=O) groups is 1. The third kappa shape index (κ3) is 1.43. The van der Waals surface area contributed by atoms with Gasteiger partial charge in [0, 0.05) is 23.3 Å². The number of hydrogen-bond donors (Lipinski definition) is 1. The molecule has 0 amide bonds. The van der Waals surface area contributed by atoms with Crippen LogP contribution in [0.1, 0.15) is 19.8 Å². The highest BCUT2D eigenvalue weighted by Crippen LogP contribution is 2.50. The van der Waals surface area contributed by atoms with Crippen LogP contribution in [0, 0.1) is 17.8 Å². The van der Waals surface area contributed by atoms with Gasteiger partial charge in [-0.1, -0.05) is 30.4 Å². The second-order valence-corrected chi connectivity index (χ2v) is 5.65. The number of ether oxygens (including phenoxy) is 1. The molecule has 0 aromatic carbocycles. The lowest BCUT2D eigenvalue weighted by molar-refractivity contribution is -0.141. The topological polar surface area (TPSA) is 46.5 Å². The summed E-state index contributed by atoms with van der Waals surface area (Å²) in [6.45, 7) is 9.97. The van der Waals surface area contributed by atoms with Crippen molar-refractivity contribution in [3.63, 3.8) is 0 Å². The van der Waals surface area contributed by atoms with Crippen LogP contribution in [-0.2, 0) is 9.53 Å². The molecule has 96 valence electrons. The summed E-state index contributed by atoms with van der Waals surface area (Å²) in [4.78, 5) is 11.7. The molecule has 1 saturated heterocycles. The van der Waals surface area contributed by atoms with Gasteiger partial charge in [0.05, 0.1) is 6.10 Å². The molecular weight excluding hydrogens is 228 g/mol. The van der Waals surface area contributed by atoms with Gasteiger partial charge in [-0.15, -0.1) is 0 Å². The van der Waals surface area contributed by atoms with Crippen LogP contribution in [0.2, 0.25) is 0 Å². The third-order valence-corrected chi connectivity index (χ3v) is 4.67. The lowest BCUT2D eigenvalue weighted by atomic mass is 9.80. The summed E-state index contributed by atoms with van der Waals surface area (Å²) in [5.74, 6) is -0.120. The zero-order valence-corrected chi connectivity index (χ0v) is 10.6. The summed E-state index contributed by atoms with van der Waals surface area (Å²) < 4.78 is 5.51. The van der Waals surface area contributed by atoms with Crippen molar-refractivity contribution in [3.05, 3.63) is 36.0 Å². The summed E-state index contributed by atoms with van der Waals surface area (Å²) in [6.07, 6.45) is 2.89. The number of carbonyl (C=O) groups excluding carboxylic acids is 1. The Morgan fingerprint density at radius 3 is 2.83 bits per heavy atom. The minimum absolute atomic E-state index is 0.00120. The Balaban J connectivity index is 2.02. The van der Waals surface area contributed by atoms with E-state index in [2.05, 4.69) is 13.2 Å². The lowest BCUT2D eigenvalue weighted by Gasteiger charge is -2.28. The molecule has 1 N–H and O–H groups in total. The number of hydrogen-bond acceptors (Lipinski definition) is 3. The highest BCUT2D eigenvalue weighted by molar-refractivity contribution is 5.91. The van der Waals surface area contributed by atoms with Crippen LogP contribution >= 0.6 is 0 Å². The maximum atomic E-state index is 11.7. The fraction of sp³-hybridized carbons (Fsp3) is 0.533. The molecule has 3 aliphatic rings. The number of rotatable bonds is 0. The summed E-state index contributed by atoms with van der Waals surface area (Å²) in [5.41, 5.74) is 2.76. The van der Waals surface area contributed by atoms with Gasteiger partial charge in [-0.3, -0.25) is 0 Å². The zero-order valence-electron chi connectivity index (χ0n) is 10.6. The number of aliphatic hydroxyl groups excluding tert-OH is 1. The lowest BCUT2D eigenvalue weighted by Crippen LogP contribution is -2.32. The van der Waals surface area contributed by atoms with Crippen molar-refractivity contribution in [3.8, 4) is 0 Å². The van der Waals surface area contributed by atoms with Gasteiger partial charge in [-0.05, 0) is 19.8 Å². The first-order chi connectivity index (χ1) is 8.50. The molecule has 1 heterocycles. The molecule has 18 heavy (non-hydrogen) atoms. The van der Waals surface area contributed by atoms with Gasteiger partial charge in [-0.25, -0.2) is 4.79 Å². The van der Waals surface area contributed by atoms with Gasteiger partial charge in [0.15, 0.2) is 0 Å². The van der Waals surface area contributed by atoms with Gasteiger partial charge < -0.3 is 9.84 Å². The standard InChI is InChI=1S/C15H18O3/c1-7-4-5-10-9(3)15(17)18-14(10)13-8(2)6-11(16)12(7)13/h6,10-14,16H,1,3-5H2,2H3/t10-,11+,12+,13-,14-/m0/s1. The van der Waals surface area contributed by atoms with E-state index < -0.39 is 6.10 Å². The molecule has 3 rings (SSSR count). The molecule has 2 fully saturated rings. The van der Waals surface area contributed by atoms with E-state index >= 15 is 0 Å². The van der Waals surface area contributed by atoms with Crippen molar-refractivity contribution in [2.24, 2.45) is 17.8 Å². The first-order valence-corrected chi connectivity index (χ1v) is 6.44. The quantitative estimate of drug-likeness (QED) is 0.404. The SMILES string of the molecule is C=C1CC[C@H]2C(=C)C(=O)O[C@@H]2[C@H]2C(C)=C[C@@H](O)[C@@H]12. The van der Waals surface area contributed by atoms with Crippen molar-refractivity contribution in [2.75, 3.05) is 0 Å². The Bertz CT molecular complexity index is 474. The molecule has 3 heteroatoms. The van der Waals surface area contributed by atoms with Crippen molar-refractivity contribution >= 4 is 5.97 Å². The van der Waals surface area contributed by atoms with Crippen LogP contribution in [-0.4, -0.2) is 23.3 Å². The van der Waals surface area contributed by atoms with E-state index in [9.17, 15) is 9.90 Å². The maximum Gasteiger partial charge on any atom is 0.334 e. The van der Waals surface area contributed by atoms with E-state index in [1.54, 1.807) is 0 Å². The Labute approximate surface area is 107 Å². The van der Waals surface area contributed by atoms with Gasteiger partial charge in [0.2, 0.25) is 0 Å². The number of aliphatic hydroxyl groups is 1. The summed E-state index contributed by atoms with van der Waals surface area (Å²) in [5, 5.41) is 10.1. The second-order valence-electron chi connectivity index (χ2n) is 5.65. The predicted octanol–water partition coefficient (Wildman–Crippen LogP) is 1.99. The normalized spacial score (nSPS) is 43.1. The Morgan fingerprint density at radius 2 is 2.11 bits per heavy atom. The molecule has 0 aromatic rings. The van der Waals surface area contributed by atoms with Crippen LogP contribution in [0.25, 0.3) is 0 Å². The molecule has 0 spiro atoms. The van der Waals surface area contributed by atoms with E-state index in [1.165, 1.54) is 0 Å². The number of fused-ring (bicyclic) bond motifs is 3. The molecule has 0 radical (unpaired) electrons. The largest absolute Gasteiger partial charge is 0.458 e. The van der Waals surface area contributed by atoms with Crippen LogP contribution in [0.5, 0.6) is 0 Å². The number of esters is 1. The molecule has 5 atom stereocenters. The fourth-order valence-electron chi connectivity index (χ4n) is 3.74. The molecule has 0 bridgehead atoms. The van der Waals surface area contributed by atoms with Crippen molar-refractivity contribution in [2.45, 2.75) is 32.0 Å². The molecular formula is C15H18O3. The highest BCUT2D eigenvalue weighted by Gasteiger charge is 2.51. The van der Waals surface area contributed by atoms with Gasteiger partial charge in [-0.2, -0.15) is 0 Å². The monoisotopic (exact) mass is 246 g/mol. The molecule has 3 nitrogen and oxygen atoms in total. The second kappa shape index (κ2) is 3.82. The van der Waals surface area contributed by atoms with E-state index in [0.717, 1.165) is 24.0 Å². The molecule has 2 aliphatic carbocycles. The molecule has 0 unspecified atom stereocenters. The maximum absolute atomic E-state index is 11.7. The fourth-order valence-corrected chi connectivity index (χ4v) is 3.74. The van der Waals surface area contributed by atoms with Crippen molar-refractivity contribution in [1.29, 1.82) is 0 Å². The van der Waals surface area contributed by atoms with Crippen LogP contribution in [0.4, 0.5) is 0 Å². The first-order valence-electron chi connectivity index (χ1n) is 6.44. The van der Waals surface area contributed by atoms with Crippen LogP contribution in [0.15, 0.2) is 36.0 Å². The summed E-state index contributed by atoms with van der Waals surface area (Å²) >= 11 is 0.